The fraction of sp³-hybridized carbons (Fsp3) is 0.174. The number of hydrogen-bond donors (Lipinski definition) is 5. The largest absolute Gasteiger partial charge is 0.403 e. The lowest BCUT2D eigenvalue weighted by atomic mass is 10.1. The van der Waals surface area contributed by atoms with Crippen LogP contribution in [0.25, 0.3) is 5.70 Å². The van der Waals surface area contributed by atoms with Gasteiger partial charge in [-0.05, 0) is 37.6 Å². The molecule has 0 fully saturated rings. The highest BCUT2D eigenvalue weighted by molar-refractivity contribution is 6.33. The van der Waals surface area contributed by atoms with Crippen molar-refractivity contribution in [3.05, 3.63) is 77.4 Å². The predicted molar refractivity (Wildman–Crippen MR) is 137 cm³/mol. The Morgan fingerprint density at radius 2 is 2.09 bits per heavy atom. The summed E-state index contributed by atoms with van der Waals surface area (Å²) in [5, 5.41) is 9.88. The first-order chi connectivity index (χ1) is 15.4. The first kappa shape index (κ1) is 24.5. The van der Waals surface area contributed by atoms with E-state index in [-0.39, 0.29) is 0 Å². The lowest BCUT2D eigenvalue weighted by molar-refractivity contribution is 1.11. The molecule has 0 unspecified atom stereocenters. The second-order valence-corrected chi connectivity index (χ2v) is 7.02. The van der Waals surface area contributed by atoms with Crippen molar-refractivity contribution in [2.24, 2.45) is 10.7 Å². The minimum Gasteiger partial charge on any atom is -0.403 e. The third kappa shape index (κ3) is 6.88. The molecule has 7 N–H and O–H groups in total. The highest BCUT2D eigenvalue weighted by atomic mass is 35.5. The van der Waals surface area contributed by atoms with Gasteiger partial charge in [0.25, 0.3) is 0 Å². The summed E-state index contributed by atoms with van der Waals surface area (Å²) in [6.07, 6.45) is 11.4. The maximum atomic E-state index is 6.34. The van der Waals surface area contributed by atoms with E-state index in [2.05, 4.69) is 50.5 Å². The van der Waals surface area contributed by atoms with Crippen LogP contribution < -0.4 is 27.4 Å². The third-order valence-electron chi connectivity index (χ3n) is 4.21. The van der Waals surface area contributed by atoms with Crippen molar-refractivity contribution in [2.45, 2.75) is 20.3 Å². The molecule has 0 radical (unpaired) electrons. The molecule has 0 saturated heterocycles. The van der Waals surface area contributed by atoms with E-state index in [9.17, 15) is 0 Å². The molecule has 0 bridgehead atoms. The number of nitrogen functional groups attached to an aromatic ring is 1. The van der Waals surface area contributed by atoms with Crippen molar-refractivity contribution >= 4 is 46.7 Å². The van der Waals surface area contributed by atoms with Gasteiger partial charge in [-0.25, -0.2) is 4.98 Å². The summed E-state index contributed by atoms with van der Waals surface area (Å²) in [6.45, 7) is 8.22. The Bertz CT molecular complexity index is 1070. The summed E-state index contributed by atoms with van der Waals surface area (Å²) in [4.78, 5) is 12.6. The molecule has 9 heteroatoms. The molecule has 168 valence electrons. The molecule has 1 aromatic heterocycles. The zero-order valence-electron chi connectivity index (χ0n) is 18.5. The number of anilines is 4. The van der Waals surface area contributed by atoms with Crippen LogP contribution in [0.1, 0.15) is 25.8 Å². The molecular formula is C23H29ClN8. The van der Waals surface area contributed by atoms with Crippen LogP contribution >= 0.6 is 11.6 Å². The number of aromatic nitrogens is 2. The average molecular weight is 453 g/mol. The molecular weight excluding hydrogens is 424 g/mol. The summed E-state index contributed by atoms with van der Waals surface area (Å²) < 4.78 is 0. The van der Waals surface area contributed by atoms with Gasteiger partial charge >= 0.3 is 0 Å². The van der Waals surface area contributed by atoms with Gasteiger partial charge in [0.05, 0.1) is 17.6 Å². The van der Waals surface area contributed by atoms with E-state index < -0.39 is 0 Å². The molecule has 1 aromatic carbocycles. The summed E-state index contributed by atoms with van der Waals surface area (Å²) in [6, 6.07) is 5.48. The van der Waals surface area contributed by atoms with E-state index in [0.717, 1.165) is 17.7 Å². The average Bonchev–Trinajstić information content (AvgIpc) is 2.78. The first-order valence-electron chi connectivity index (χ1n) is 10.0. The number of rotatable bonds is 10. The van der Waals surface area contributed by atoms with E-state index in [1.165, 1.54) is 12.4 Å². The molecule has 0 aliphatic heterocycles. The standard InChI is InChI=1S/C23H29ClN8/c1-5-7-8-17(6-2)29-15(3)19-10-9-16(26)11-21(19)31-22-20(24)14-28-23(32-22)30-18(12-25)13-27-4/h6-14,29H,3,5,25-26H2,1-2,4H3,(H2,28,30,31,32)/b8-7-,17-6+,18-12+,27-13?. The molecule has 0 spiro atoms. The van der Waals surface area contributed by atoms with Crippen molar-refractivity contribution in [3.63, 3.8) is 0 Å². The van der Waals surface area contributed by atoms with Gasteiger partial charge in [0.2, 0.25) is 5.95 Å². The minimum atomic E-state index is 0.303. The second-order valence-electron chi connectivity index (χ2n) is 6.61. The van der Waals surface area contributed by atoms with Gasteiger partial charge < -0.3 is 27.4 Å². The number of aliphatic imine (C=N–C) groups is 1. The second kappa shape index (κ2) is 12.2. The van der Waals surface area contributed by atoms with E-state index >= 15 is 0 Å². The van der Waals surface area contributed by atoms with Crippen molar-refractivity contribution in [1.29, 1.82) is 0 Å². The van der Waals surface area contributed by atoms with Crippen LogP contribution in [0, 0.1) is 0 Å². The summed E-state index contributed by atoms with van der Waals surface area (Å²) in [5.41, 5.74) is 15.9. The zero-order valence-corrected chi connectivity index (χ0v) is 19.2. The SMILES string of the molecule is C=C(NC(/C=C\CC)=C/C)c1ccc(N)cc1Nc1nc(N/C(C=NC)=C/N)ncc1Cl. The van der Waals surface area contributed by atoms with Gasteiger partial charge in [-0.15, -0.1) is 0 Å². The Morgan fingerprint density at radius 3 is 2.75 bits per heavy atom. The number of benzene rings is 1. The van der Waals surface area contributed by atoms with E-state index in [1.807, 2.05) is 31.2 Å². The van der Waals surface area contributed by atoms with Crippen LogP contribution in [0.5, 0.6) is 0 Å². The normalized spacial score (nSPS) is 12.4. The van der Waals surface area contributed by atoms with Gasteiger partial charge in [0, 0.05) is 42.1 Å². The van der Waals surface area contributed by atoms with Crippen LogP contribution in [0.3, 0.4) is 0 Å². The molecule has 0 atom stereocenters. The topological polar surface area (TPSA) is 126 Å². The summed E-state index contributed by atoms with van der Waals surface area (Å²) in [5.74, 6) is 0.697. The summed E-state index contributed by atoms with van der Waals surface area (Å²) in [7, 11) is 1.64. The monoisotopic (exact) mass is 452 g/mol. The highest BCUT2D eigenvalue weighted by Crippen LogP contribution is 2.30. The van der Waals surface area contributed by atoms with E-state index in [0.29, 0.717) is 39.6 Å². The number of hydrogen-bond acceptors (Lipinski definition) is 8. The number of nitrogens with one attached hydrogen (secondary N) is 3. The number of nitrogens with zero attached hydrogens (tertiary/aromatic N) is 3. The van der Waals surface area contributed by atoms with Crippen molar-refractivity contribution in [3.8, 4) is 0 Å². The highest BCUT2D eigenvalue weighted by Gasteiger charge is 2.12. The fourth-order valence-corrected chi connectivity index (χ4v) is 2.79. The molecule has 0 amide bonds. The third-order valence-corrected chi connectivity index (χ3v) is 4.49. The summed E-state index contributed by atoms with van der Waals surface area (Å²) >= 11 is 6.34. The van der Waals surface area contributed by atoms with Gasteiger partial charge in [-0.3, -0.25) is 4.99 Å². The van der Waals surface area contributed by atoms with Gasteiger partial charge in [0.1, 0.15) is 5.02 Å². The Labute approximate surface area is 193 Å². The van der Waals surface area contributed by atoms with Gasteiger partial charge in [-0.2, -0.15) is 4.98 Å². The maximum Gasteiger partial charge on any atom is 0.229 e. The zero-order chi connectivity index (χ0) is 23.5. The van der Waals surface area contributed by atoms with Crippen molar-refractivity contribution < 1.29 is 0 Å². The number of allylic oxidation sites excluding steroid dienone is 4. The lowest BCUT2D eigenvalue weighted by Gasteiger charge is -2.17. The Balaban J connectivity index is 2.35. The van der Waals surface area contributed by atoms with Crippen LogP contribution in [0.2, 0.25) is 5.02 Å². The Hall–Kier alpha value is -3.78. The van der Waals surface area contributed by atoms with E-state index in [4.69, 9.17) is 23.1 Å². The van der Waals surface area contributed by atoms with Crippen molar-refractivity contribution in [1.82, 2.24) is 15.3 Å². The Morgan fingerprint density at radius 1 is 1.31 bits per heavy atom. The minimum absolute atomic E-state index is 0.303. The molecule has 2 aromatic rings. The predicted octanol–water partition coefficient (Wildman–Crippen LogP) is 4.80. The molecule has 2 rings (SSSR count). The maximum absolute atomic E-state index is 6.34. The molecule has 0 aliphatic rings. The first-order valence-corrected chi connectivity index (χ1v) is 10.4. The van der Waals surface area contributed by atoms with Crippen molar-refractivity contribution in [2.75, 3.05) is 23.4 Å². The molecule has 32 heavy (non-hydrogen) atoms. The molecule has 8 nitrogen and oxygen atoms in total. The quantitative estimate of drug-likeness (QED) is 0.199. The van der Waals surface area contributed by atoms with Gasteiger partial charge in [-0.1, -0.05) is 37.3 Å². The molecule has 1 heterocycles. The number of nitrogens with two attached hydrogens (primary N) is 2. The number of halogens is 1. The Kier molecular flexibility index (Phi) is 9.31. The van der Waals surface area contributed by atoms with Crippen LogP contribution in [-0.2, 0) is 0 Å². The van der Waals surface area contributed by atoms with Crippen LogP contribution in [0.15, 0.2) is 71.8 Å². The van der Waals surface area contributed by atoms with Gasteiger partial charge in [0.15, 0.2) is 5.82 Å². The molecule has 0 aliphatic carbocycles. The molecule has 0 saturated carbocycles. The fourth-order valence-electron chi connectivity index (χ4n) is 2.65. The lowest BCUT2D eigenvalue weighted by Crippen LogP contribution is -2.12. The van der Waals surface area contributed by atoms with Crippen LogP contribution in [-0.4, -0.2) is 23.2 Å². The van der Waals surface area contributed by atoms with Crippen LogP contribution in [0.4, 0.5) is 23.1 Å². The smallest absolute Gasteiger partial charge is 0.229 e. The van der Waals surface area contributed by atoms with E-state index in [1.54, 1.807) is 19.3 Å².